The average molecular weight is 433 g/mol. The monoisotopic (exact) mass is 432 g/mol. The smallest absolute Gasteiger partial charge is 0.312 e. The van der Waals surface area contributed by atoms with Crippen molar-refractivity contribution in [3.05, 3.63) is 33.8 Å². The summed E-state index contributed by atoms with van der Waals surface area (Å²) in [6.45, 7) is 6.34. The van der Waals surface area contributed by atoms with Crippen LogP contribution in [0.1, 0.15) is 45.6 Å². The van der Waals surface area contributed by atoms with Crippen molar-refractivity contribution in [2.75, 3.05) is 13.2 Å². The van der Waals surface area contributed by atoms with Gasteiger partial charge in [-0.25, -0.2) is 0 Å². The number of carbonyl (C=O) groups is 2. The lowest BCUT2D eigenvalue weighted by atomic mass is 9.56. The molecule has 1 fully saturated rings. The molecule has 0 saturated heterocycles. The van der Waals surface area contributed by atoms with Crippen molar-refractivity contribution < 1.29 is 29.3 Å². The minimum atomic E-state index is -1.67. The summed E-state index contributed by atoms with van der Waals surface area (Å²) in [6.07, 6.45) is -0.231. The summed E-state index contributed by atoms with van der Waals surface area (Å²) < 4.78 is 10.4. The van der Waals surface area contributed by atoms with Crippen molar-refractivity contribution in [2.45, 2.75) is 51.2 Å². The van der Waals surface area contributed by atoms with Gasteiger partial charge in [0.1, 0.15) is 0 Å². The molecule has 0 bridgehead atoms. The fraction of sp³-hybridized carbons (Fsp3) is 0.600. The molecule has 0 radical (unpaired) electrons. The first-order valence-electron chi connectivity index (χ1n) is 9.19. The number of ether oxygens (including phenoxy) is 2. The number of carbonyl (C=O) groups excluding carboxylic acids is 2. The van der Waals surface area contributed by atoms with Crippen molar-refractivity contribution in [2.24, 2.45) is 11.8 Å². The zero-order valence-electron chi connectivity index (χ0n) is 16.4. The van der Waals surface area contributed by atoms with Crippen LogP contribution in [0, 0.1) is 11.8 Å². The second kappa shape index (κ2) is 8.57. The van der Waals surface area contributed by atoms with Crippen LogP contribution in [0.4, 0.5) is 0 Å². The molecule has 2 N–H and O–H groups in total. The Kier molecular flexibility index (Phi) is 7.03. The van der Waals surface area contributed by atoms with Crippen molar-refractivity contribution >= 4 is 35.1 Å². The number of halogens is 2. The molecule has 1 aliphatic carbocycles. The number of benzene rings is 1. The highest BCUT2D eigenvalue weighted by Crippen LogP contribution is 2.54. The third-order valence-electron chi connectivity index (χ3n) is 5.19. The standard InChI is InChI=1S/C20H26Cl2O6/c1-5-27-17(23)15-14(13-11(21)8-7-9-12(13)22)16(18(24)28-6-2)20(4,26)10-19(15,3)25/h7-9,14-16,25-26H,5-6,10H2,1-4H3. The van der Waals surface area contributed by atoms with Gasteiger partial charge in [-0.15, -0.1) is 0 Å². The van der Waals surface area contributed by atoms with Gasteiger partial charge in [0.05, 0.1) is 36.3 Å². The second-order valence-electron chi connectivity index (χ2n) is 7.51. The van der Waals surface area contributed by atoms with Gasteiger partial charge in [-0.2, -0.15) is 0 Å². The molecule has 2 rings (SSSR count). The van der Waals surface area contributed by atoms with Crippen molar-refractivity contribution in [1.29, 1.82) is 0 Å². The molecule has 1 aromatic rings. The number of hydrogen-bond acceptors (Lipinski definition) is 6. The van der Waals surface area contributed by atoms with Crippen LogP contribution in [0.2, 0.25) is 10.0 Å². The summed E-state index contributed by atoms with van der Waals surface area (Å²) in [5.41, 5.74) is -3.06. The molecule has 1 saturated carbocycles. The van der Waals surface area contributed by atoms with E-state index in [0.29, 0.717) is 5.56 Å². The molecule has 0 amide bonds. The average Bonchev–Trinajstić information content (AvgIpc) is 2.52. The van der Waals surface area contributed by atoms with Gasteiger partial charge in [-0.3, -0.25) is 9.59 Å². The molecule has 0 aromatic heterocycles. The fourth-order valence-electron chi connectivity index (χ4n) is 4.34. The molecule has 0 heterocycles. The van der Waals surface area contributed by atoms with E-state index >= 15 is 0 Å². The van der Waals surface area contributed by atoms with E-state index in [1.165, 1.54) is 13.8 Å². The van der Waals surface area contributed by atoms with E-state index in [-0.39, 0.29) is 29.7 Å². The van der Waals surface area contributed by atoms with E-state index in [1.807, 2.05) is 0 Å². The van der Waals surface area contributed by atoms with Gasteiger partial charge < -0.3 is 19.7 Å². The van der Waals surface area contributed by atoms with Crippen molar-refractivity contribution in [1.82, 2.24) is 0 Å². The van der Waals surface area contributed by atoms with Gasteiger partial charge in [0.2, 0.25) is 0 Å². The highest BCUT2D eigenvalue weighted by atomic mass is 35.5. The van der Waals surface area contributed by atoms with Crippen LogP contribution >= 0.6 is 23.2 Å². The summed E-state index contributed by atoms with van der Waals surface area (Å²) in [4.78, 5) is 25.7. The summed E-state index contributed by atoms with van der Waals surface area (Å²) in [6, 6.07) is 4.78. The van der Waals surface area contributed by atoms with Gasteiger partial charge in [0, 0.05) is 22.4 Å². The quantitative estimate of drug-likeness (QED) is 0.692. The molecule has 0 spiro atoms. The van der Waals surface area contributed by atoms with Crippen LogP contribution in [-0.4, -0.2) is 46.6 Å². The molecule has 1 aliphatic rings. The molecule has 1 aromatic carbocycles. The maximum Gasteiger partial charge on any atom is 0.312 e. The highest BCUT2D eigenvalue weighted by molar-refractivity contribution is 6.36. The van der Waals surface area contributed by atoms with Crippen molar-refractivity contribution in [3.8, 4) is 0 Å². The van der Waals surface area contributed by atoms with Crippen molar-refractivity contribution in [3.63, 3.8) is 0 Å². The summed E-state index contributed by atoms with van der Waals surface area (Å²) in [5.74, 6) is -4.80. The zero-order chi connectivity index (χ0) is 21.3. The minimum Gasteiger partial charge on any atom is -0.466 e. The minimum absolute atomic E-state index is 0.0921. The Morgan fingerprint density at radius 3 is 1.75 bits per heavy atom. The first-order valence-corrected chi connectivity index (χ1v) is 9.95. The van der Waals surface area contributed by atoms with Crippen LogP contribution < -0.4 is 0 Å². The third kappa shape index (κ3) is 4.30. The lowest BCUT2D eigenvalue weighted by Crippen LogP contribution is -2.61. The Morgan fingerprint density at radius 1 is 1.00 bits per heavy atom. The fourth-order valence-corrected chi connectivity index (χ4v) is 4.99. The summed E-state index contributed by atoms with van der Waals surface area (Å²) in [5, 5.41) is 22.7. The molecular weight excluding hydrogens is 407 g/mol. The van der Waals surface area contributed by atoms with Crippen LogP contribution in [-0.2, 0) is 19.1 Å². The molecular formula is C20H26Cl2O6. The van der Waals surface area contributed by atoms with Gasteiger partial charge >= 0.3 is 11.9 Å². The Morgan fingerprint density at radius 2 is 1.39 bits per heavy atom. The lowest BCUT2D eigenvalue weighted by molar-refractivity contribution is -0.196. The predicted molar refractivity (Wildman–Crippen MR) is 105 cm³/mol. The molecule has 0 aliphatic heterocycles. The SMILES string of the molecule is CCOC(=O)C1C(c2c(Cl)cccc2Cl)C(C(=O)OCC)C(C)(O)CC1(C)O. The Balaban J connectivity index is 2.77. The third-order valence-corrected chi connectivity index (χ3v) is 5.85. The Bertz CT molecular complexity index is 690. The maximum atomic E-state index is 12.9. The molecule has 156 valence electrons. The van der Waals surface area contributed by atoms with E-state index in [4.69, 9.17) is 32.7 Å². The van der Waals surface area contributed by atoms with Crippen LogP contribution in [0.5, 0.6) is 0 Å². The van der Waals surface area contributed by atoms with E-state index < -0.39 is 40.9 Å². The van der Waals surface area contributed by atoms with Gasteiger partial charge in [-0.05, 0) is 45.4 Å². The van der Waals surface area contributed by atoms with E-state index in [9.17, 15) is 19.8 Å². The normalized spacial score (nSPS) is 32.6. The van der Waals surface area contributed by atoms with E-state index in [1.54, 1.807) is 32.0 Å². The second-order valence-corrected chi connectivity index (χ2v) is 8.33. The first kappa shape index (κ1) is 22.9. The Labute approximate surface area is 174 Å². The molecule has 28 heavy (non-hydrogen) atoms. The molecule has 8 heteroatoms. The van der Waals surface area contributed by atoms with E-state index in [2.05, 4.69) is 0 Å². The van der Waals surface area contributed by atoms with Gasteiger partial charge in [0.25, 0.3) is 0 Å². The van der Waals surface area contributed by atoms with Gasteiger partial charge in [0.15, 0.2) is 0 Å². The van der Waals surface area contributed by atoms with Crippen LogP contribution in [0.25, 0.3) is 0 Å². The Hall–Kier alpha value is -1.34. The van der Waals surface area contributed by atoms with E-state index in [0.717, 1.165) is 0 Å². The number of hydrogen-bond donors (Lipinski definition) is 2. The highest BCUT2D eigenvalue weighted by Gasteiger charge is 2.62. The number of aliphatic hydroxyl groups is 2. The summed E-state index contributed by atoms with van der Waals surface area (Å²) in [7, 11) is 0. The van der Waals surface area contributed by atoms with Crippen LogP contribution in [0.15, 0.2) is 18.2 Å². The lowest BCUT2D eigenvalue weighted by Gasteiger charge is -2.51. The first-order chi connectivity index (χ1) is 13.0. The van der Waals surface area contributed by atoms with Crippen LogP contribution in [0.3, 0.4) is 0 Å². The number of rotatable bonds is 5. The molecule has 6 nitrogen and oxygen atoms in total. The van der Waals surface area contributed by atoms with Gasteiger partial charge in [-0.1, -0.05) is 29.3 Å². The zero-order valence-corrected chi connectivity index (χ0v) is 17.9. The topological polar surface area (TPSA) is 93.1 Å². The molecule has 4 atom stereocenters. The summed E-state index contributed by atoms with van der Waals surface area (Å²) >= 11 is 12.8. The number of esters is 2. The molecule has 4 unspecified atom stereocenters. The maximum absolute atomic E-state index is 12.9. The largest absolute Gasteiger partial charge is 0.466 e. The predicted octanol–water partition coefficient (Wildman–Crippen LogP) is 3.34.